The van der Waals surface area contributed by atoms with E-state index in [9.17, 15) is 5.11 Å². The number of aliphatic hydroxyl groups is 1. The molecule has 4 heteroatoms. The molecule has 1 aliphatic carbocycles. The van der Waals surface area contributed by atoms with Crippen LogP contribution >= 0.6 is 15.9 Å². The molecule has 1 aliphatic rings. The van der Waals surface area contributed by atoms with Gasteiger partial charge in [0.05, 0.1) is 20.3 Å². The van der Waals surface area contributed by atoms with E-state index >= 15 is 0 Å². The maximum atomic E-state index is 10.8. The Bertz CT molecular complexity index is 489. The summed E-state index contributed by atoms with van der Waals surface area (Å²) in [6, 6.07) is 3.78. The predicted octanol–water partition coefficient (Wildman–Crippen LogP) is 4.72. The van der Waals surface area contributed by atoms with Gasteiger partial charge in [-0.25, -0.2) is 0 Å². The zero-order chi connectivity index (χ0) is 15.6. The van der Waals surface area contributed by atoms with Crippen molar-refractivity contribution in [2.75, 3.05) is 14.2 Å². The lowest BCUT2D eigenvalue weighted by atomic mass is 9.71. The summed E-state index contributed by atoms with van der Waals surface area (Å²) < 4.78 is 11.5. The number of rotatable bonds is 4. The van der Waals surface area contributed by atoms with E-state index < -0.39 is 6.10 Å². The van der Waals surface area contributed by atoms with Crippen LogP contribution < -0.4 is 9.47 Å². The Labute approximate surface area is 135 Å². The summed E-state index contributed by atoms with van der Waals surface area (Å²) in [6.45, 7) is 4.61. The normalized spacial score (nSPS) is 20.1. The van der Waals surface area contributed by atoms with E-state index in [0.29, 0.717) is 22.8 Å². The highest BCUT2D eigenvalue weighted by atomic mass is 79.9. The minimum absolute atomic E-state index is 0.298. The molecule has 0 bridgehead atoms. The molecule has 1 N–H and O–H groups in total. The highest BCUT2D eigenvalue weighted by Gasteiger charge is 2.32. The lowest BCUT2D eigenvalue weighted by Crippen LogP contribution is -2.25. The first-order valence-electron chi connectivity index (χ1n) is 7.48. The van der Waals surface area contributed by atoms with Gasteiger partial charge in [-0.2, -0.15) is 0 Å². The Balaban J connectivity index is 2.23. The molecule has 118 valence electrons. The fraction of sp³-hybridized carbons (Fsp3) is 0.647. The largest absolute Gasteiger partial charge is 0.495 e. The SMILES string of the molecule is COc1ccc(C(O)C2CCC(C)(C)CC2)c(OC)c1Br. The smallest absolute Gasteiger partial charge is 0.142 e. The summed E-state index contributed by atoms with van der Waals surface area (Å²) in [7, 11) is 3.25. The Morgan fingerprint density at radius 3 is 2.33 bits per heavy atom. The van der Waals surface area contributed by atoms with E-state index in [1.54, 1.807) is 14.2 Å². The molecular formula is C17H25BrO3. The van der Waals surface area contributed by atoms with Gasteiger partial charge in [-0.3, -0.25) is 0 Å². The monoisotopic (exact) mass is 356 g/mol. The summed E-state index contributed by atoms with van der Waals surface area (Å²) in [5.74, 6) is 1.69. The number of hydrogen-bond donors (Lipinski definition) is 1. The van der Waals surface area contributed by atoms with Crippen LogP contribution in [0.25, 0.3) is 0 Å². The molecule has 1 fully saturated rings. The molecule has 0 aliphatic heterocycles. The third-order valence-electron chi connectivity index (χ3n) is 4.67. The zero-order valence-electron chi connectivity index (χ0n) is 13.3. The standard InChI is InChI=1S/C17H25BrO3/c1-17(2)9-7-11(8-10-17)15(19)12-5-6-13(20-3)14(18)16(12)21-4/h5-6,11,15,19H,7-10H2,1-4H3. The molecule has 0 amide bonds. The van der Waals surface area contributed by atoms with Gasteiger partial charge in [0.2, 0.25) is 0 Å². The molecule has 0 radical (unpaired) electrons. The summed E-state index contributed by atoms with van der Waals surface area (Å²) in [4.78, 5) is 0. The minimum Gasteiger partial charge on any atom is -0.495 e. The van der Waals surface area contributed by atoms with Gasteiger partial charge in [-0.1, -0.05) is 13.8 Å². The number of aliphatic hydroxyl groups excluding tert-OH is 1. The third-order valence-corrected chi connectivity index (χ3v) is 5.42. The fourth-order valence-electron chi connectivity index (χ4n) is 3.14. The van der Waals surface area contributed by atoms with Crippen LogP contribution in [0.2, 0.25) is 0 Å². The van der Waals surface area contributed by atoms with Crippen LogP contribution in [0.5, 0.6) is 11.5 Å². The fourth-order valence-corrected chi connectivity index (χ4v) is 3.83. The Hall–Kier alpha value is -0.740. The highest BCUT2D eigenvalue weighted by Crippen LogP contribution is 2.46. The van der Waals surface area contributed by atoms with Crippen molar-refractivity contribution >= 4 is 15.9 Å². The Morgan fingerprint density at radius 2 is 1.81 bits per heavy atom. The van der Waals surface area contributed by atoms with Gasteiger partial charge in [0.25, 0.3) is 0 Å². The second-order valence-electron chi connectivity index (χ2n) is 6.65. The second-order valence-corrected chi connectivity index (χ2v) is 7.44. The Kier molecular flexibility index (Phi) is 5.20. The molecular weight excluding hydrogens is 332 g/mol. The number of halogens is 1. The predicted molar refractivity (Wildman–Crippen MR) is 87.9 cm³/mol. The summed E-state index contributed by atoms with van der Waals surface area (Å²) in [6.07, 6.45) is 3.95. The van der Waals surface area contributed by atoms with Crippen LogP contribution in [0.3, 0.4) is 0 Å². The highest BCUT2D eigenvalue weighted by molar-refractivity contribution is 9.10. The van der Waals surface area contributed by atoms with Gasteiger partial charge in [0, 0.05) is 5.56 Å². The van der Waals surface area contributed by atoms with E-state index in [2.05, 4.69) is 29.8 Å². The van der Waals surface area contributed by atoms with Crippen LogP contribution in [0.15, 0.2) is 16.6 Å². The zero-order valence-corrected chi connectivity index (χ0v) is 14.9. The number of hydrogen-bond acceptors (Lipinski definition) is 3. The van der Waals surface area contributed by atoms with Crippen molar-refractivity contribution < 1.29 is 14.6 Å². The van der Waals surface area contributed by atoms with Gasteiger partial charge in [-0.15, -0.1) is 0 Å². The lowest BCUT2D eigenvalue weighted by Gasteiger charge is -2.36. The second kappa shape index (κ2) is 6.57. The molecule has 1 aromatic carbocycles. The molecule has 0 saturated heterocycles. The van der Waals surface area contributed by atoms with Crippen molar-refractivity contribution in [3.8, 4) is 11.5 Å². The van der Waals surface area contributed by atoms with Crippen LogP contribution in [0, 0.1) is 11.3 Å². The number of methoxy groups -OCH3 is 2. The third kappa shape index (κ3) is 3.54. The molecule has 3 nitrogen and oxygen atoms in total. The van der Waals surface area contributed by atoms with Gasteiger partial charge in [0.1, 0.15) is 16.0 Å². The first-order valence-corrected chi connectivity index (χ1v) is 8.27. The Morgan fingerprint density at radius 1 is 1.19 bits per heavy atom. The van der Waals surface area contributed by atoms with Crippen molar-refractivity contribution in [3.63, 3.8) is 0 Å². The summed E-state index contributed by atoms with van der Waals surface area (Å²) >= 11 is 3.50. The van der Waals surface area contributed by atoms with Gasteiger partial charge >= 0.3 is 0 Å². The summed E-state index contributed by atoms with van der Waals surface area (Å²) in [5.41, 5.74) is 1.25. The maximum absolute atomic E-state index is 10.8. The van der Waals surface area contributed by atoms with E-state index in [4.69, 9.17) is 9.47 Å². The van der Waals surface area contributed by atoms with Crippen molar-refractivity contribution in [2.24, 2.45) is 11.3 Å². The molecule has 0 spiro atoms. The lowest BCUT2D eigenvalue weighted by molar-refractivity contribution is 0.0549. The van der Waals surface area contributed by atoms with Crippen LogP contribution in [-0.2, 0) is 0 Å². The molecule has 0 heterocycles. The quantitative estimate of drug-likeness (QED) is 0.848. The first kappa shape index (κ1) is 16.6. The topological polar surface area (TPSA) is 38.7 Å². The number of ether oxygens (including phenoxy) is 2. The van der Waals surface area contributed by atoms with Crippen LogP contribution in [0.4, 0.5) is 0 Å². The average Bonchev–Trinajstić information content (AvgIpc) is 2.46. The van der Waals surface area contributed by atoms with E-state index in [0.717, 1.165) is 35.7 Å². The molecule has 1 saturated carbocycles. The average molecular weight is 357 g/mol. The molecule has 0 aromatic heterocycles. The van der Waals surface area contributed by atoms with Gasteiger partial charge < -0.3 is 14.6 Å². The van der Waals surface area contributed by atoms with E-state index in [1.807, 2.05) is 12.1 Å². The van der Waals surface area contributed by atoms with Gasteiger partial charge in [-0.05, 0) is 65.1 Å². The van der Waals surface area contributed by atoms with Crippen molar-refractivity contribution in [2.45, 2.75) is 45.6 Å². The van der Waals surface area contributed by atoms with Crippen LogP contribution in [-0.4, -0.2) is 19.3 Å². The van der Waals surface area contributed by atoms with Crippen LogP contribution in [0.1, 0.15) is 51.2 Å². The summed E-state index contributed by atoms with van der Waals surface area (Å²) in [5, 5.41) is 10.8. The first-order chi connectivity index (χ1) is 9.89. The van der Waals surface area contributed by atoms with Crippen molar-refractivity contribution in [1.29, 1.82) is 0 Å². The molecule has 21 heavy (non-hydrogen) atoms. The molecule has 1 atom stereocenters. The van der Waals surface area contributed by atoms with E-state index in [1.165, 1.54) is 0 Å². The van der Waals surface area contributed by atoms with Gasteiger partial charge in [0.15, 0.2) is 0 Å². The van der Waals surface area contributed by atoms with Crippen molar-refractivity contribution in [1.82, 2.24) is 0 Å². The maximum Gasteiger partial charge on any atom is 0.142 e. The van der Waals surface area contributed by atoms with E-state index in [-0.39, 0.29) is 0 Å². The number of benzene rings is 1. The molecule has 2 rings (SSSR count). The molecule has 1 unspecified atom stereocenters. The minimum atomic E-state index is -0.488. The van der Waals surface area contributed by atoms with Crippen molar-refractivity contribution in [3.05, 3.63) is 22.2 Å². The molecule has 1 aromatic rings.